The van der Waals surface area contributed by atoms with Crippen LogP contribution in [0.3, 0.4) is 0 Å². The Hall–Kier alpha value is -6.43. The fraction of sp³-hybridized carbons (Fsp3) is 0.462. The van der Waals surface area contributed by atoms with Crippen LogP contribution in [0.1, 0.15) is 80.4 Å². The summed E-state index contributed by atoms with van der Waals surface area (Å²) >= 11 is 0. The molecule has 0 unspecified atom stereocenters. The first-order valence-corrected chi connectivity index (χ1v) is 24.6. The number of H-pyrrole nitrogens is 1. The largest absolute Gasteiger partial charge is 0.341 e. The number of likely N-dealkylation sites (tertiary alicyclic amines) is 2. The molecule has 4 saturated heterocycles. The van der Waals surface area contributed by atoms with Gasteiger partial charge < -0.3 is 19.6 Å². The second-order valence-corrected chi connectivity index (χ2v) is 19.5. The molecule has 2 aromatic heterocycles. The molecule has 5 aliphatic heterocycles. The summed E-state index contributed by atoms with van der Waals surface area (Å²) in [4.78, 5) is 89.2. The minimum Gasteiger partial charge on any atom is -0.341 e. The number of hydrogen-bond acceptors (Lipinski definition) is 11. The Balaban J connectivity index is 0.633. The lowest BCUT2D eigenvalue weighted by atomic mass is 9.89. The van der Waals surface area contributed by atoms with Crippen LogP contribution in [-0.2, 0) is 29.1 Å². The third-order valence-electron chi connectivity index (χ3n) is 15.0. The van der Waals surface area contributed by atoms with Crippen LogP contribution in [0, 0.1) is 11.7 Å². The molecule has 4 amide bonds. The van der Waals surface area contributed by atoms with Crippen molar-refractivity contribution in [1.82, 2.24) is 54.5 Å². The fourth-order valence-corrected chi connectivity index (χ4v) is 10.9. The summed E-state index contributed by atoms with van der Waals surface area (Å²) in [5.74, 6) is -0.0362. The second-order valence-electron chi connectivity index (χ2n) is 19.5. The molecule has 3 aromatic carbocycles. The molecule has 69 heavy (non-hydrogen) atoms. The SMILES string of the molecule is O=C(CN1CCC(CN2CCN(C(=O)c3cccc([C@H]4CCCN(C(=O)CN5Cc6cncnc6C5)C4)c3)CC2)CC1)N1CCN(C(=O)c2cc(Cc3n[nH]c(=O)c4ccccc34)ccc2F)CC1. The lowest BCUT2D eigenvalue weighted by molar-refractivity contribution is -0.134. The van der Waals surface area contributed by atoms with E-state index in [0.717, 1.165) is 81.8 Å². The average Bonchev–Trinajstić information content (AvgIpc) is 3.81. The Bertz CT molecular complexity index is 2740. The Kier molecular flexibility index (Phi) is 13.9. The van der Waals surface area contributed by atoms with Crippen molar-refractivity contribution in [2.24, 2.45) is 5.92 Å². The molecule has 7 heterocycles. The number of aromatic amines is 1. The van der Waals surface area contributed by atoms with Gasteiger partial charge in [0.15, 0.2) is 0 Å². The van der Waals surface area contributed by atoms with Crippen molar-refractivity contribution in [3.63, 3.8) is 0 Å². The van der Waals surface area contributed by atoms with Gasteiger partial charge in [-0.3, -0.25) is 38.7 Å². The molecule has 0 spiro atoms. The molecule has 5 aliphatic rings. The topological polar surface area (TPSA) is 162 Å². The molecule has 1 N–H and O–H groups in total. The van der Waals surface area contributed by atoms with Gasteiger partial charge in [0.05, 0.1) is 35.4 Å². The van der Waals surface area contributed by atoms with Crippen molar-refractivity contribution in [1.29, 1.82) is 0 Å². The lowest BCUT2D eigenvalue weighted by Crippen LogP contribution is -2.53. The van der Waals surface area contributed by atoms with Crippen LogP contribution < -0.4 is 5.56 Å². The Morgan fingerprint density at radius 3 is 2.20 bits per heavy atom. The van der Waals surface area contributed by atoms with Crippen LogP contribution in [-0.4, -0.2) is 176 Å². The van der Waals surface area contributed by atoms with Gasteiger partial charge in [0.1, 0.15) is 12.1 Å². The molecule has 4 fully saturated rings. The van der Waals surface area contributed by atoms with E-state index >= 15 is 4.39 Å². The van der Waals surface area contributed by atoms with E-state index < -0.39 is 11.7 Å². The number of rotatable bonds is 11. The summed E-state index contributed by atoms with van der Waals surface area (Å²) in [7, 11) is 0. The molecule has 1 atom stereocenters. The maximum absolute atomic E-state index is 15.1. The molecular weight excluding hydrogens is 878 g/mol. The molecule has 17 heteroatoms. The predicted octanol–water partition coefficient (Wildman–Crippen LogP) is 3.62. The quantitative estimate of drug-likeness (QED) is 0.206. The fourth-order valence-electron chi connectivity index (χ4n) is 10.9. The monoisotopic (exact) mass is 937 g/mol. The maximum atomic E-state index is 15.1. The van der Waals surface area contributed by atoms with Gasteiger partial charge >= 0.3 is 0 Å². The van der Waals surface area contributed by atoms with Crippen LogP contribution in [0.2, 0.25) is 0 Å². The number of amides is 4. The van der Waals surface area contributed by atoms with E-state index in [1.54, 1.807) is 35.5 Å². The average molecular weight is 938 g/mol. The summed E-state index contributed by atoms with van der Waals surface area (Å²) in [5, 5.41) is 8.00. The molecule has 16 nitrogen and oxygen atoms in total. The van der Waals surface area contributed by atoms with E-state index in [-0.39, 0.29) is 34.8 Å². The van der Waals surface area contributed by atoms with E-state index in [9.17, 15) is 24.0 Å². The zero-order valence-electron chi connectivity index (χ0n) is 39.1. The highest BCUT2D eigenvalue weighted by molar-refractivity contribution is 5.95. The first kappa shape index (κ1) is 46.3. The number of carbonyl (C=O) groups is 4. The van der Waals surface area contributed by atoms with Gasteiger partial charge in [0.2, 0.25) is 11.8 Å². The van der Waals surface area contributed by atoms with Crippen LogP contribution >= 0.6 is 0 Å². The molecule has 0 bridgehead atoms. The normalized spacial score (nSPS) is 19.8. The van der Waals surface area contributed by atoms with E-state index in [0.29, 0.717) is 112 Å². The van der Waals surface area contributed by atoms with E-state index in [1.807, 2.05) is 51.2 Å². The Morgan fingerprint density at radius 1 is 0.681 bits per heavy atom. The van der Waals surface area contributed by atoms with Gasteiger partial charge in [-0.05, 0) is 86.1 Å². The molecule has 10 rings (SSSR count). The highest BCUT2D eigenvalue weighted by Gasteiger charge is 2.32. The van der Waals surface area contributed by atoms with E-state index in [4.69, 9.17) is 0 Å². The second kappa shape index (κ2) is 20.7. The van der Waals surface area contributed by atoms with E-state index in [1.165, 1.54) is 6.07 Å². The summed E-state index contributed by atoms with van der Waals surface area (Å²) in [6.07, 6.45) is 7.65. The van der Waals surface area contributed by atoms with Crippen LogP contribution in [0.25, 0.3) is 10.8 Å². The standard InChI is InChI=1S/C52H60FN11O5/c53-45-11-10-37(26-46-42-8-1-2-9-43(42)50(67)57-56-46)25-44(45)52(69)63-23-21-61(22-24-63)48(65)33-58-15-12-36(13-16-58)29-59-17-19-62(20-18-59)51(68)39-6-3-5-38(27-39)40-7-4-14-64(31-40)49(66)34-60-30-41-28-54-35-55-47(41)32-60/h1-3,5-6,8-11,25,27-28,35-36,40H,4,7,12-24,26,29-34H2,(H,57,67)/t40-/m0/s1. The number of benzene rings is 3. The van der Waals surface area contributed by atoms with Gasteiger partial charge in [-0.2, -0.15) is 5.10 Å². The summed E-state index contributed by atoms with van der Waals surface area (Å²) < 4.78 is 15.1. The van der Waals surface area contributed by atoms with Crippen molar-refractivity contribution in [2.75, 3.05) is 98.2 Å². The molecule has 5 aromatic rings. The summed E-state index contributed by atoms with van der Waals surface area (Å²) in [6.45, 7) is 10.6. The maximum Gasteiger partial charge on any atom is 0.272 e. The number of hydrogen-bond donors (Lipinski definition) is 1. The lowest BCUT2D eigenvalue weighted by Gasteiger charge is -2.39. The zero-order chi connectivity index (χ0) is 47.4. The molecule has 360 valence electrons. The number of halogens is 1. The van der Waals surface area contributed by atoms with Crippen molar-refractivity contribution in [3.05, 3.63) is 135 Å². The summed E-state index contributed by atoms with van der Waals surface area (Å²) in [5.41, 5.74) is 4.95. The zero-order valence-corrected chi connectivity index (χ0v) is 39.1. The van der Waals surface area contributed by atoms with Crippen LogP contribution in [0.5, 0.6) is 0 Å². The number of nitrogens with zero attached hydrogens (tertiary/aromatic N) is 10. The summed E-state index contributed by atoms with van der Waals surface area (Å²) in [6, 6.07) is 19.7. The van der Waals surface area contributed by atoms with Gasteiger partial charge in [-0.25, -0.2) is 19.5 Å². The number of aromatic nitrogens is 4. The highest BCUT2D eigenvalue weighted by Crippen LogP contribution is 2.29. The Morgan fingerprint density at radius 2 is 1.41 bits per heavy atom. The molecule has 0 saturated carbocycles. The van der Waals surface area contributed by atoms with Crippen molar-refractivity contribution in [3.8, 4) is 0 Å². The van der Waals surface area contributed by atoms with Gasteiger partial charge in [-0.15, -0.1) is 0 Å². The molecular formula is C52H60FN11O5. The third kappa shape index (κ3) is 10.6. The minimum absolute atomic E-state index is 0.0171. The number of carbonyl (C=O) groups excluding carboxylic acids is 4. The molecule has 0 radical (unpaired) electrons. The first-order chi connectivity index (χ1) is 33.6. The predicted molar refractivity (Wildman–Crippen MR) is 257 cm³/mol. The smallest absolute Gasteiger partial charge is 0.272 e. The van der Waals surface area contributed by atoms with E-state index in [2.05, 4.69) is 40.9 Å². The number of fused-ring (bicyclic) bond motifs is 2. The number of nitrogens with one attached hydrogen (secondary N) is 1. The van der Waals surface area contributed by atoms with Gasteiger partial charge in [0.25, 0.3) is 17.4 Å². The number of piperidine rings is 2. The highest BCUT2D eigenvalue weighted by atomic mass is 19.1. The first-order valence-electron chi connectivity index (χ1n) is 24.6. The van der Waals surface area contributed by atoms with Crippen LogP contribution in [0.15, 0.2) is 84.0 Å². The number of piperazine rings is 2. The van der Waals surface area contributed by atoms with Crippen molar-refractivity contribution >= 4 is 34.4 Å². The Labute approximate surface area is 401 Å². The van der Waals surface area contributed by atoms with Crippen molar-refractivity contribution < 1.29 is 23.6 Å². The van der Waals surface area contributed by atoms with Gasteiger partial charge in [-0.1, -0.05) is 36.4 Å². The molecule has 0 aliphatic carbocycles. The van der Waals surface area contributed by atoms with Crippen molar-refractivity contribution in [2.45, 2.75) is 51.1 Å². The minimum atomic E-state index is -0.601. The third-order valence-corrected chi connectivity index (χ3v) is 15.0. The van der Waals surface area contributed by atoms with Crippen LogP contribution in [0.4, 0.5) is 4.39 Å². The van der Waals surface area contributed by atoms with Gasteiger partial charge in [0, 0.05) is 120 Å².